The largest absolute Gasteiger partial charge is 0.388 e. The zero-order chi connectivity index (χ0) is 15.7. The second kappa shape index (κ2) is 5.55. The molecule has 0 unspecified atom stereocenters. The van der Waals surface area contributed by atoms with Crippen LogP contribution in [0.3, 0.4) is 0 Å². The van der Waals surface area contributed by atoms with Crippen molar-refractivity contribution in [2.45, 2.75) is 25.0 Å². The maximum absolute atomic E-state index is 12.5. The van der Waals surface area contributed by atoms with Gasteiger partial charge in [-0.25, -0.2) is 4.98 Å². The Balaban J connectivity index is 1.73. The number of aromatic nitrogens is 2. The van der Waals surface area contributed by atoms with Crippen molar-refractivity contribution in [1.29, 1.82) is 0 Å². The number of β-amino-alcohol motifs (C(OH)–C–C–N with tert-alkyl or cyclic N) is 1. The Bertz CT molecular complexity index is 650. The van der Waals surface area contributed by atoms with Gasteiger partial charge in [-0.3, -0.25) is 4.79 Å². The highest BCUT2D eigenvalue weighted by Gasteiger charge is 2.37. The van der Waals surface area contributed by atoms with Crippen molar-refractivity contribution in [2.24, 2.45) is 0 Å². The van der Waals surface area contributed by atoms with Crippen LogP contribution in [0.15, 0.2) is 43.0 Å². The number of imidazole rings is 1. The van der Waals surface area contributed by atoms with Crippen LogP contribution in [0.1, 0.15) is 23.7 Å². The van der Waals surface area contributed by atoms with E-state index in [1.165, 1.54) is 0 Å². The van der Waals surface area contributed by atoms with E-state index in [1.807, 2.05) is 22.9 Å². The summed E-state index contributed by atoms with van der Waals surface area (Å²) in [6, 6.07) is 7.23. The smallest absolute Gasteiger partial charge is 0.253 e. The molecule has 1 aliphatic heterocycles. The number of hydrogen-bond acceptors (Lipinski definition) is 4. The number of hydrogen-bond donors (Lipinski definition) is 2. The first-order chi connectivity index (χ1) is 10.5. The fourth-order valence-electron chi connectivity index (χ4n) is 2.58. The van der Waals surface area contributed by atoms with Crippen molar-refractivity contribution in [3.63, 3.8) is 0 Å². The van der Waals surface area contributed by atoms with E-state index in [0.717, 1.165) is 5.69 Å². The number of nitrogens with zero attached hydrogens (tertiary/aromatic N) is 3. The molecule has 1 amide bonds. The number of amides is 1. The van der Waals surface area contributed by atoms with Crippen molar-refractivity contribution < 1.29 is 15.0 Å². The molecule has 2 N–H and O–H groups in total. The highest BCUT2D eigenvalue weighted by Crippen LogP contribution is 2.23. The molecule has 116 valence electrons. The standard InChI is InChI=1S/C16H19N3O3/c1-16(22)6-8-18(10-14(16)20)15(21)12-2-4-13(5-3-12)19-9-7-17-11-19/h2-5,7,9,11,14,20,22H,6,8,10H2,1H3/t14-,16+/m0/s1. The molecule has 0 aliphatic carbocycles. The SMILES string of the molecule is C[C@@]1(O)CCN(C(=O)c2ccc(-n3ccnc3)cc2)C[C@@H]1O. The molecule has 0 bridgehead atoms. The Labute approximate surface area is 128 Å². The van der Waals surface area contributed by atoms with E-state index >= 15 is 0 Å². The van der Waals surface area contributed by atoms with Crippen LogP contribution in [0.5, 0.6) is 0 Å². The lowest BCUT2D eigenvalue weighted by Gasteiger charge is -2.39. The number of aliphatic hydroxyl groups excluding tert-OH is 1. The van der Waals surface area contributed by atoms with Crippen LogP contribution in [0, 0.1) is 0 Å². The highest BCUT2D eigenvalue weighted by molar-refractivity contribution is 5.94. The van der Waals surface area contributed by atoms with Crippen LogP contribution in [-0.4, -0.2) is 55.4 Å². The van der Waals surface area contributed by atoms with E-state index in [-0.39, 0.29) is 12.5 Å². The summed E-state index contributed by atoms with van der Waals surface area (Å²) in [5.74, 6) is -0.133. The molecular weight excluding hydrogens is 282 g/mol. The third-order valence-corrected chi connectivity index (χ3v) is 4.20. The zero-order valence-electron chi connectivity index (χ0n) is 12.4. The van der Waals surface area contributed by atoms with Gasteiger partial charge in [0.1, 0.15) is 0 Å². The fourth-order valence-corrected chi connectivity index (χ4v) is 2.58. The third-order valence-electron chi connectivity index (χ3n) is 4.20. The molecule has 1 fully saturated rings. The lowest BCUT2D eigenvalue weighted by atomic mass is 9.90. The molecule has 2 heterocycles. The van der Waals surface area contributed by atoms with Gasteiger partial charge in [0.2, 0.25) is 0 Å². The van der Waals surface area contributed by atoms with E-state index in [0.29, 0.717) is 18.5 Å². The molecule has 1 aromatic heterocycles. The van der Waals surface area contributed by atoms with Crippen LogP contribution in [0.2, 0.25) is 0 Å². The van der Waals surface area contributed by atoms with Gasteiger partial charge in [-0.05, 0) is 37.6 Å². The average Bonchev–Trinajstić information content (AvgIpc) is 3.04. The Hall–Kier alpha value is -2.18. The predicted molar refractivity (Wildman–Crippen MR) is 80.7 cm³/mol. The lowest BCUT2D eigenvalue weighted by molar-refractivity contribution is -0.0999. The molecule has 6 heteroatoms. The van der Waals surface area contributed by atoms with Gasteiger partial charge in [0.15, 0.2) is 0 Å². The molecule has 0 spiro atoms. The van der Waals surface area contributed by atoms with E-state index in [4.69, 9.17) is 0 Å². The Morgan fingerprint density at radius 2 is 2.09 bits per heavy atom. The fraction of sp³-hybridized carbons (Fsp3) is 0.375. The summed E-state index contributed by atoms with van der Waals surface area (Å²) in [7, 11) is 0. The third kappa shape index (κ3) is 2.75. The number of benzene rings is 1. The second-order valence-electron chi connectivity index (χ2n) is 5.89. The first-order valence-corrected chi connectivity index (χ1v) is 7.25. The lowest BCUT2D eigenvalue weighted by Crippen LogP contribution is -2.55. The zero-order valence-corrected chi connectivity index (χ0v) is 12.4. The Kier molecular flexibility index (Phi) is 3.72. The summed E-state index contributed by atoms with van der Waals surface area (Å²) in [4.78, 5) is 18.0. The van der Waals surface area contributed by atoms with Crippen LogP contribution < -0.4 is 0 Å². The summed E-state index contributed by atoms with van der Waals surface area (Å²) >= 11 is 0. The molecule has 1 aliphatic rings. The summed E-state index contributed by atoms with van der Waals surface area (Å²) in [6.07, 6.45) is 4.67. The van der Waals surface area contributed by atoms with Crippen LogP contribution in [-0.2, 0) is 0 Å². The number of aliphatic hydroxyl groups is 2. The molecule has 6 nitrogen and oxygen atoms in total. The molecule has 22 heavy (non-hydrogen) atoms. The molecule has 0 radical (unpaired) electrons. The summed E-state index contributed by atoms with van der Waals surface area (Å²) < 4.78 is 1.86. The predicted octanol–water partition coefficient (Wildman–Crippen LogP) is 0.830. The van der Waals surface area contributed by atoms with Gasteiger partial charge in [0.25, 0.3) is 5.91 Å². The second-order valence-corrected chi connectivity index (χ2v) is 5.89. The van der Waals surface area contributed by atoms with Gasteiger partial charge in [-0.15, -0.1) is 0 Å². The van der Waals surface area contributed by atoms with Gasteiger partial charge in [0.05, 0.1) is 18.0 Å². The van der Waals surface area contributed by atoms with E-state index in [2.05, 4.69) is 4.98 Å². The molecule has 2 atom stereocenters. The van der Waals surface area contributed by atoms with Crippen LogP contribution >= 0.6 is 0 Å². The Morgan fingerprint density at radius 1 is 1.36 bits per heavy atom. The van der Waals surface area contributed by atoms with Crippen molar-refractivity contribution in [3.05, 3.63) is 48.5 Å². The van der Waals surface area contributed by atoms with Crippen LogP contribution in [0.25, 0.3) is 5.69 Å². The Morgan fingerprint density at radius 3 is 2.68 bits per heavy atom. The normalized spacial score (nSPS) is 25.2. The maximum Gasteiger partial charge on any atom is 0.253 e. The first-order valence-electron chi connectivity index (χ1n) is 7.25. The van der Waals surface area contributed by atoms with Gasteiger partial charge in [-0.2, -0.15) is 0 Å². The number of carbonyl (C=O) groups excluding carboxylic acids is 1. The number of likely N-dealkylation sites (tertiary alicyclic amines) is 1. The average molecular weight is 301 g/mol. The number of piperidine rings is 1. The minimum atomic E-state index is -1.12. The van der Waals surface area contributed by atoms with E-state index < -0.39 is 11.7 Å². The van der Waals surface area contributed by atoms with Gasteiger partial charge in [-0.1, -0.05) is 0 Å². The summed E-state index contributed by atoms with van der Waals surface area (Å²) in [5, 5.41) is 19.9. The van der Waals surface area contributed by atoms with Crippen LogP contribution in [0.4, 0.5) is 0 Å². The quantitative estimate of drug-likeness (QED) is 0.861. The first kappa shape index (κ1) is 14.7. The van der Waals surface area contributed by atoms with Crippen molar-refractivity contribution >= 4 is 5.91 Å². The minimum absolute atomic E-state index is 0.133. The van der Waals surface area contributed by atoms with E-state index in [9.17, 15) is 15.0 Å². The minimum Gasteiger partial charge on any atom is -0.388 e. The molecular formula is C16H19N3O3. The molecule has 2 aromatic rings. The van der Waals surface area contributed by atoms with Crippen molar-refractivity contribution in [1.82, 2.24) is 14.5 Å². The maximum atomic E-state index is 12.5. The number of rotatable bonds is 2. The monoisotopic (exact) mass is 301 g/mol. The molecule has 1 saturated heterocycles. The molecule has 1 aromatic carbocycles. The molecule has 0 saturated carbocycles. The van der Waals surface area contributed by atoms with E-state index in [1.54, 1.807) is 36.5 Å². The summed E-state index contributed by atoms with van der Waals surface area (Å²) in [6.45, 7) is 2.18. The van der Waals surface area contributed by atoms with Gasteiger partial charge < -0.3 is 19.7 Å². The summed E-state index contributed by atoms with van der Waals surface area (Å²) in [5.41, 5.74) is 0.371. The van der Waals surface area contributed by atoms with Gasteiger partial charge in [0, 0.05) is 36.7 Å². The molecule has 3 rings (SSSR count). The highest BCUT2D eigenvalue weighted by atomic mass is 16.3. The van der Waals surface area contributed by atoms with Crippen molar-refractivity contribution in [2.75, 3.05) is 13.1 Å². The van der Waals surface area contributed by atoms with Gasteiger partial charge >= 0.3 is 0 Å². The topological polar surface area (TPSA) is 78.6 Å². The number of carbonyl (C=O) groups is 1. The van der Waals surface area contributed by atoms with Crippen molar-refractivity contribution in [3.8, 4) is 5.69 Å².